The lowest BCUT2D eigenvalue weighted by molar-refractivity contribution is 0.430. The van der Waals surface area contributed by atoms with Gasteiger partial charge in [-0.25, -0.2) is 0 Å². The zero-order valence-electron chi connectivity index (χ0n) is 8.98. The Labute approximate surface area is 99.5 Å². The Morgan fingerprint density at radius 1 is 1.50 bits per heavy atom. The maximum absolute atomic E-state index is 6.01. The summed E-state index contributed by atoms with van der Waals surface area (Å²) in [4.78, 5) is 3.94. The van der Waals surface area contributed by atoms with Crippen LogP contribution in [0.25, 0.3) is 0 Å². The third kappa shape index (κ3) is 2.62. The van der Waals surface area contributed by atoms with Crippen LogP contribution in [0, 0.1) is 0 Å². The van der Waals surface area contributed by atoms with Crippen LogP contribution in [0.2, 0.25) is 5.02 Å². The summed E-state index contributed by atoms with van der Waals surface area (Å²) in [6.45, 7) is 2.75. The standard InChI is InChI=1S/C12H13ClN2O/c1-9(12-3-2-6-16-12)15-7-10-4-5-14-8-11(10)13/h2-6,8-9,15H,7H2,1H3. The van der Waals surface area contributed by atoms with E-state index in [-0.39, 0.29) is 6.04 Å². The second kappa shape index (κ2) is 5.14. The second-order valence-corrected chi connectivity index (χ2v) is 3.99. The molecule has 0 bridgehead atoms. The molecule has 0 amide bonds. The lowest BCUT2D eigenvalue weighted by atomic mass is 10.2. The van der Waals surface area contributed by atoms with Crippen molar-refractivity contribution in [2.45, 2.75) is 19.5 Å². The maximum Gasteiger partial charge on any atom is 0.120 e. The topological polar surface area (TPSA) is 38.1 Å². The first-order valence-electron chi connectivity index (χ1n) is 5.12. The van der Waals surface area contributed by atoms with E-state index in [0.717, 1.165) is 11.3 Å². The predicted molar refractivity (Wildman–Crippen MR) is 63.2 cm³/mol. The van der Waals surface area contributed by atoms with Crippen molar-refractivity contribution in [1.29, 1.82) is 0 Å². The smallest absolute Gasteiger partial charge is 0.120 e. The largest absolute Gasteiger partial charge is 0.468 e. The van der Waals surface area contributed by atoms with Crippen molar-refractivity contribution in [3.05, 3.63) is 53.2 Å². The van der Waals surface area contributed by atoms with Gasteiger partial charge in [0.25, 0.3) is 0 Å². The van der Waals surface area contributed by atoms with E-state index in [1.54, 1.807) is 18.7 Å². The Kier molecular flexibility index (Phi) is 3.59. The lowest BCUT2D eigenvalue weighted by Crippen LogP contribution is -2.17. The maximum atomic E-state index is 6.01. The molecular formula is C12H13ClN2O. The number of furan rings is 1. The fourth-order valence-electron chi connectivity index (χ4n) is 1.45. The van der Waals surface area contributed by atoms with Gasteiger partial charge in [-0.1, -0.05) is 11.6 Å². The Hall–Kier alpha value is -1.32. The minimum atomic E-state index is 0.166. The van der Waals surface area contributed by atoms with Crippen LogP contribution in [-0.4, -0.2) is 4.98 Å². The number of aromatic nitrogens is 1. The van der Waals surface area contributed by atoms with Crippen molar-refractivity contribution in [2.24, 2.45) is 0 Å². The van der Waals surface area contributed by atoms with Gasteiger partial charge in [0, 0.05) is 18.9 Å². The van der Waals surface area contributed by atoms with Gasteiger partial charge in [0.2, 0.25) is 0 Å². The van der Waals surface area contributed by atoms with Crippen LogP contribution in [0.1, 0.15) is 24.3 Å². The molecule has 2 rings (SSSR count). The van der Waals surface area contributed by atoms with Gasteiger partial charge in [0.1, 0.15) is 5.76 Å². The summed E-state index contributed by atoms with van der Waals surface area (Å²) in [5, 5.41) is 4.02. The van der Waals surface area contributed by atoms with Crippen LogP contribution in [0.15, 0.2) is 41.3 Å². The molecule has 1 atom stereocenters. The first kappa shape index (κ1) is 11.2. The molecule has 0 aliphatic heterocycles. The van der Waals surface area contributed by atoms with Gasteiger partial charge in [-0.15, -0.1) is 0 Å². The third-order valence-corrected chi connectivity index (χ3v) is 2.77. The highest BCUT2D eigenvalue weighted by molar-refractivity contribution is 6.31. The van der Waals surface area contributed by atoms with Crippen LogP contribution >= 0.6 is 11.6 Å². The highest BCUT2D eigenvalue weighted by Gasteiger charge is 2.08. The minimum Gasteiger partial charge on any atom is -0.468 e. The number of halogens is 1. The van der Waals surface area contributed by atoms with Gasteiger partial charge in [0.05, 0.1) is 17.3 Å². The quantitative estimate of drug-likeness (QED) is 0.886. The van der Waals surface area contributed by atoms with Gasteiger partial charge in [0.15, 0.2) is 0 Å². The molecule has 1 N–H and O–H groups in total. The van der Waals surface area contributed by atoms with Crippen molar-refractivity contribution in [3.63, 3.8) is 0 Å². The van der Waals surface area contributed by atoms with Crippen LogP contribution in [0.5, 0.6) is 0 Å². The normalized spacial score (nSPS) is 12.6. The van der Waals surface area contributed by atoms with E-state index in [1.165, 1.54) is 0 Å². The van der Waals surface area contributed by atoms with Gasteiger partial charge in [-0.05, 0) is 30.7 Å². The number of rotatable bonds is 4. The summed E-state index contributed by atoms with van der Waals surface area (Å²) in [5.74, 6) is 0.921. The van der Waals surface area contributed by atoms with Crippen molar-refractivity contribution in [3.8, 4) is 0 Å². The van der Waals surface area contributed by atoms with Crippen molar-refractivity contribution < 1.29 is 4.42 Å². The van der Waals surface area contributed by atoms with Crippen LogP contribution in [0.3, 0.4) is 0 Å². The molecule has 1 unspecified atom stereocenters. The summed E-state index contributed by atoms with van der Waals surface area (Å²) >= 11 is 6.01. The molecule has 0 aliphatic rings. The Bertz CT molecular complexity index is 442. The summed E-state index contributed by atoms with van der Waals surface area (Å²) in [6, 6.07) is 5.90. The first-order chi connectivity index (χ1) is 7.77. The number of hydrogen-bond acceptors (Lipinski definition) is 3. The van der Waals surface area contributed by atoms with Gasteiger partial charge >= 0.3 is 0 Å². The molecule has 0 radical (unpaired) electrons. The lowest BCUT2D eigenvalue weighted by Gasteiger charge is -2.11. The molecule has 2 aromatic rings. The molecular weight excluding hydrogens is 224 g/mol. The molecule has 0 aliphatic carbocycles. The average molecular weight is 237 g/mol. The van der Waals surface area contributed by atoms with E-state index in [9.17, 15) is 0 Å². The summed E-state index contributed by atoms with van der Waals surface area (Å²) in [6.07, 6.45) is 5.06. The molecule has 16 heavy (non-hydrogen) atoms. The molecule has 0 saturated heterocycles. The molecule has 0 saturated carbocycles. The Morgan fingerprint density at radius 2 is 2.38 bits per heavy atom. The summed E-state index contributed by atoms with van der Waals surface area (Å²) < 4.78 is 5.31. The minimum absolute atomic E-state index is 0.166. The molecule has 0 fully saturated rings. The van der Waals surface area contributed by atoms with E-state index in [4.69, 9.17) is 16.0 Å². The van der Waals surface area contributed by atoms with Crippen molar-refractivity contribution in [1.82, 2.24) is 10.3 Å². The van der Waals surface area contributed by atoms with Crippen LogP contribution < -0.4 is 5.32 Å². The molecule has 84 valence electrons. The van der Waals surface area contributed by atoms with E-state index in [2.05, 4.69) is 10.3 Å². The molecule has 4 heteroatoms. The van der Waals surface area contributed by atoms with Gasteiger partial charge in [-0.3, -0.25) is 4.98 Å². The van der Waals surface area contributed by atoms with E-state index < -0.39 is 0 Å². The Balaban J connectivity index is 1.95. The van der Waals surface area contributed by atoms with Crippen LogP contribution in [0.4, 0.5) is 0 Å². The predicted octanol–water partition coefficient (Wildman–Crippen LogP) is 3.18. The zero-order chi connectivity index (χ0) is 11.4. The van der Waals surface area contributed by atoms with Crippen LogP contribution in [-0.2, 0) is 6.54 Å². The van der Waals surface area contributed by atoms with Gasteiger partial charge in [-0.2, -0.15) is 0 Å². The van der Waals surface area contributed by atoms with E-state index >= 15 is 0 Å². The summed E-state index contributed by atoms with van der Waals surface area (Å²) in [5.41, 5.74) is 1.04. The summed E-state index contributed by atoms with van der Waals surface area (Å²) in [7, 11) is 0. The third-order valence-electron chi connectivity index (χ3n) is 2.43. The van der Waals surface area contributed by atoms with Crippen molar-refractivity contribution >= 4 is 11.6 Å². The average Bonchev–Trinajstić information content (AvgIpc) is 2.81. The monoisotopic (exact) mass is 236 g/mol. The number of pyridine rings is 1. The van der Waals surface area contributed by atoms with Crippen molar-refractivity contribution in [2.75, 3.05) is 0 Å². The fraction of sp³-hybridized carbons (Fsp3) is 0.250. The SMILES string of the molecule is CC(NCc1ccncc1Cl)c1ccco1. The molecule has 2 aromatic heterocycles. The van der Waals surface area contributed by atoms with E-state index in [0.29, 0.717) is 11.6 Å². The number of nitrogens with one attached hydrogen (secondary N) is 1. The number of nitrogens with zero attached hydrogens (tertiary/aromatic N) is 1. The molecule has 2 heterocycles. The number of hydrogen-bond donors (Lipinski definition) is 1. The van der Waals surface area contributed by atoms with Gasteiger partial charge < -0.3 is 9.73 Å². The van der Waals surface area contributed by atoms with E-state index in [1.807, 2.05) is 25.1 Å². The fourth-order valence-corrected chi connectivity index (χ4v) is 1.63. The molecule has 0 aromatic carbocycles. The highest BCUT2D eigenvalue weighted by Crippen LogP contribution is 2.16. The zero-order valence-corrected chi connectivity index (χ0v) is 9.74. The molecule has 3 nitrogen and oxygen atoms in total. The highest BCUT2D eigenvalue weighted by atomic mass is 35.5. The molecule has 0 spiro atoms. The second-order valence-electron chi connectivity index (χ2n) is 3.59. The first-order valence-corrected chi connectivity index (χ1v) is 5.50. The Morgan fingerprint density at radius 3 is 3.06 bits per heavy atom.